The molecule has 1 atom stereocenters. The Morgan fingerprint density at radius 2 is 1.77 bits per heavy atom. The lowest BCUT2D eigenvalue weighted by Gasteiger charge is -2.33. The number of rotatable bonds is 7. The van der Waals surface area contributed by atoms with Crippen molar-refractivity contribution in [2.45, 2.75) is 32.3 Å². The number of carbonyl (C=O) groups excluding carboxylic acids is 2. The first kappa shape index (κ1) is 22.8. The van der Waals surface area contributed by atoms with Gasteiger partial charge in [0.25, 0.3) is 5.91 Å². The highest BCUT2D eigenvalue weighted by Gasteiger charge is 2.28. The summed E-state index contributed by atoms with van der Waals surface area (Å²) in [5, 5.41) is 0. The molecule has 166 valence electrons. The first-order chi connectivity index (χ1) is 14.7. The van der Waals surface area contributed by atoms with Crippen LogP contribution in [-0.2, 0) is 26.0 Å². The van der Waals surface area contributed by atoms with Crippen molar-refractivity contribution in [2.24, 2.45) is 5.92 Å². The molecule has 0 unspecified atom stereocenters. The van der Waals surface area contributed by atoms with Crippen LogP contribution in [0, 0.1) is 5.92 Å². The van der Waals surface area contributed by atoms with Gasteiger partial charge >= 0.3 is 5.97 Å². The van der Waals surface area contributed by atoms with Crippen molar-refractivity contribution in [3.63, 3.8) is 0 Å². The fraction of sp³-hybridized carbons (Fsp3) is 0.391. The topological polar surface area (TPSA) is 92.8 Å². The van der Waals surface area contributed by atoms with Crippen LogP contribution in [0.1, 0.15) is 35.7 Å². The van der Waals surface area contributed by atoms with Crippen LogP contribution in [-0.4, -0.2) is 50.6 Å². The molecule has 0 aromatic heterocycles. The van der Waals surface area contributed by atoms with Crippen molar-refractivity contribution < 1.29 is 22.7 Å². The Kier molecular flexibility index (Phi) is 7.33. The van der Waals surface area contributed by atoms with Gasteiger partial charge in [0.1, 0.15) is 0 Å². The van der Waals surface area contributed by atoms with Crippen LogP contribution in [0.25, 0.3) is 0 Å². The van der Waals surface area contributed by atoms with Gasteiger partial charge in [-0.2, -0.15) is 0 Å². The van der Waals surface area contributed by atoms with Gasteiger partial charge in [0, 0.05) is 18.8 Å². The number of hydrogen-bond acceptors (Lipinski definition) is 5. The first-order valence-corrected chi connectivity index (χ1v) is 12.2. The van der Waals surface area contributed by atoms with Gasteiger partial charge in [0.05, 0.1) is 11.8 Å². The van der Waals surface area contributed by atoms with Gasteiger partial charge in [0.2, 0.25) is 10.0 Å². The maximum absolute atomic E-state index is 12.7. The van der Waals surface area contributed by atoms with E-state index in [-0.39, 0.29) is 17.2 Å². The highest BCUT2D eigenvalue weighted by molar-refractivity contribution is 7.92. The van der Waals surface area contributed by atoms with E-state index in [1.807, 2.05) is 18.2 Å². The number of nitrogens with zero attached hydrogens (tertiary/aromatic N) is 1. The Hall–Kier alpha value is -2.87. The predicted molar refractivity (Wildman–Crippen MR) is 119 cm³/mol. The molecule has 2 aromatic rings. The molecule has 0 aliphatic carbocycles. The molecular formula is C23H28N2O5S. The van der Waals surface area contributed by atoms with Gasteiger partial charge in [0.15, 0.2) is 6.10 Å². The summed E-state index contributed by atoms with van der Waals surface area (Å²) in [5.74, 6) is -0.344. The molecule has 7 nitrogen and oxygen atoms in total. The Labute approximate surface area is 183 Å². The lowest BCUT2D eigenvalue weighted by molar-refractivity contribution is -0.141. The number of likely N-dealkylation sites (tertiary alicyclic amines) is 1. The minimum absolute atomic E-state index is 0.176. The van der Waals surface area contributed by atoms with Gasteiger partial charge in [-0.05, 0) is 55.9 Å². The summed E-state index contributed by atoms with van der Waals surface area (Å²) in [6, 6.07) is 16.3. The fourth-order valence-electron chi connectivity index (χ4n) is 3.76. The van der Waals surface area contributed by atoms with E-state index in [2.05, 4.69) is 16.9 Å². The summed E-state index contributed by atoms with van der Waals surface area (Å²) in [5.41, 5.74) is 1.74. The van der Waals surface area contributed by atoms with Crippen molar-refractivity contribution in [3.05, 3.63) is 65.7 Å². The van der Waals surface area contributed by atoms with E-state index < -0.39 is 22.1 Å². The monoisotopic (exact) mass is 444 g/mol. The predicted octanol–water partition coefficient (Wildman–Crippen LogP) is 3.08. The number of hydrogen-bond donors (Lipinski definition) is 1. The molecule has 0 saturated carbocycles. The zero-order chi connectivity index (χ0) is 22.4. The number of sulfonamides is 1. The highest BCUT2D eigenvalue weighted by atomic mass is 32.2. The zero-order valence-electron chi connectivity index (χ0n) is 17.8. The first-order valence-electron chi connectivity index (χ1n) is 10.3. The maximum atomic E-state index is 12.7. The molecule has 0 radical (unpaired) electrons. The third-order valence-corrected chi connectivity index (χ3v) is 5.93. The number of piperidine rings is 1. The maximum Gasteiger partial charge on any atom is 0.338 e. The summed E-state index contributed by atoms with van der Waals surface area (Å²) in [4.78, 5) is 26.9. The van der Waals surface area contributed by atoms with Gasteiger partial charge in [-0.1, -0.05) is 36.4 Å². The van der Waals surface area contributed by atoms with E-state index in [1.165, 1.54) is 23.8 Å². The SMILES string of the molecule is C[C@@H](OC(=O)c1cccc(NS(C)(=O)=O)c1)C(=O)N1CCC(Cc2ccccc2)CC1. The number of benzene rings is 2. The minimum Gasteiger partial charge on any atom is -0.449 e. The molecule has 1 aliphatic heterocycles. The molecule has 2 aromatic carbocycles. The molecule has 1 N–H and O–H groups in total. The second-order valence-electron chi connectivity index (χ2n) is 7.96. The van der Waals surface area contributed by atoms with Crippen LogP contribution in [0.3, 0.4) is 0 Å². The van der Waals surface area contributed by atoms with Crippen LogP contribution in [0.5, 0.6) is 0 Å². The van der Waals surface area contributed by atoms with Crippen molar-refractivity contribution in [2.75, 3.05) is 24.1 Å². The van der Waals surface area contributed by atoms with E-state index in [1.54, 1.807) is 17.9 Å². The van der Waals surface area contributed by atoms with Gasteiger partial charge < -0.3 is 9.64 Å². The molecular weight excluding hydrogens is 416 g/mol. The molecule has 1 aliphatic rings. The van der Waals surface area contributed by atoms with Gasteiger partial charge in [-0.25, -0.2) is 13.2 Å². The quantitative estimate of drug-likeness (QED) is 0.663. The number of esters is 1. The Morgan fingerprint density at radius 1 is 1.10 bits per heavy atom. The zero-order valence-corrected chi connectivity index (χ0v) is 18.6. The van der Waals surface area contributed by atoms with E-state index in [4.69, 9.17) is 4.74 Å². The van der Waals surface area contributed by atoms with Gasteiger partial charge in [-0.15, -0.1) is 0 Å². The third-order valence-electron chi connectivity index (χ3n) is 5.33. The van der Waals surface area contributed by atoms with Gasteiger partial charge in [-0.3, -0.25) is 9.52 Å². The molecule has 0 bridgehead atoms. The number of amides is 1. The summed E-state index contributed by atoms with van der Waals surface area (Å²) in [6.07, 6.45) is 2.96. The van der Waals surface area contributed by atoms with E-state index in [9.17, 15) is 18.0 Å². The second-order valence-corrected chi connectivity index (χ2v) is 9.71. The van der Waals surface area contributed by atoms with Crippen LogP contribution in [0.4, 0.5) is 5.69 Å². The lowest BCUT2D eigenvalue weighted by Crippen LogP contribution is -2.44. The summed E-state index contributed by atoms with van der Waals surface area (Å²) in [7, 11) is -3.46. The summed E-state index contributed by atoms with van der Waals surface area (Å²) < 4.78 is 30.4. The van der Waals surface area contributed by atoms with Crippen LogP contribution < -0.4 is 4.72 Å². The molecule has 31 heavy (non-hydrogen) atoms. The summed E-state index contributed by atoms with van der Waals surface area (Å²) >= 11 is 0. The number of carbonyl (C=O) groups is 2. The third kappa shape index (κ3) is 6.82. The molecule has 1 heterocycles. The number of ether oxygens (including phenoxy) is 1. The Morgan fingerprint density at radius 3 is 2.42 bits per heavy atom. The Balaban J connectivity index is 1.51. The minimum atomic E-state index is -3.46. The largest absolute Gasteiger partial charge is 0.449 e. The molecule has 1 amide bonds. The van der Waals surface area contributed by atoms with Crippen molar-refractivity contribution in [3.8, 4) is 0 Å². The smallest absolute Gasteiger partial charge is 0.338 e. The average Bonchev–Trinajstić information content (AvgIpc) is 2.73. The molecule has 1 fully saturated rings. The average molecular weight is 445 g/mol. The van der Waals surface area contributed by atoms with Crippen LogP contribution in [0.15, 0.2) is 54.6 Å². The Bertz CT molecular complexity index is 1020. The van der Waals surface area contributed by atoms with E-state index in [0.717, 1.165) is 25.5 Å². The van der Waals surface area contributed by atoms with Crippen LogP contribution in [0.2, 0.25) is 0 Å². The van der Waals surface area contributed by atoms with Crippen molar-refractivity contribution in [1.82, 2.24) is 4.90 Å². The molecule has 0 spiro atoms. The standard InChI is InChI=1S/C23H28N2O5S/c1-17(30-23(27)20-9-6-10-21(16-20)24-31(2,28)29)22(26)25-13-11-19(12-14-25)15-18-7-4-3-5-8-18/h3-10,16-17,19,24H,11-15H2,1-2H3/t17-/m1/s1. The number of anilines is 1. The number of nitrogens with one attached hydrogen (secondary N) is 1. The highest BCUT2D eigenvalue weighted by Crippen LogP contribution is 2.22. The molecule has 1 saturated heterocycles. The fourth-order valence-corrected chi connectivity index (χ4v) is 4.32. The van der Waals surface area contributed by atoms with Crippen molar-refractivity contribution >= 4 is 27.6 Å². The van der Waals surface area contributed by atoms with Crippen LogP contribution >= 0.6 is 0 Å². The molecule has 8 heteroatoms. The van der Waals surface area contributed by atoms with E-state index in [0.29, 0.717) is 19.0 Å². The van der Waals surface area contributed by atoms with Crippen molar-refractivity contribution in [1.29, 1.82) is 0 Å². The van der Waals surface area contributed by atoms with E-state index >= 15 is 0 Å². The summed E-state index contributed by atoms with van der Waals surface area (Å²) in [6.45, 7) is 2.85. The normalized spacial score (nSPS) is 15.9. The second kappa shape index (κ2) is 9.96. The molecule has 3 rings (SSSR count). The lowest BCUT2D eigenvalue weighted by atomic mass is 9.90.